The molecule has 1 heterocycles. The van der Waals surface area contributed by atoms with Gasteiger partial charge in [-0.1, -0.05) is 11.8 Å². The summed E-state index contributed by atoms with van der Waals surface area (Å²) >= 11 is 1.16. The monoisotopic (exact) mass is 419 g/mol. The quantitative estimate of drug-likeness (QED) is 0.555. The Labute approximate surface area is 177 Å². The summed E-state index contributed by atoms with van der Waals surface area (Å²) in [5, 5.41) is 21.4. The van der Waals surface area contributed by atoms with Gasteiger partial charge in [-0.05, 0) is 60.7 Å². The summed E-state index contributed by atoms with van der Waals surface area (Å²) in [6.07, 6.45) is 0. The zero-order valence-electron chi connectivity index (χ0n) is 16.0. The Morgan fingerprint density at radius 1 is 1.10 bits per heavy atom. The topological polar surface area (TPSA) is 112 Å². The van der Waals surface area contributed by atoms with Crippen molar-refractivity contribution in [2.24, 2.45) is 0 Å². The van der Waals surface area contributed by atoms with E-state index in [0.717, 1.165) is 23.1 Å². The van der Waals surface area contributed by atoms with Gasteiger partial charge in [0.2, 0.25) is 5.91 Å². The molecular formula is C22H17N3O4S. The molecule has 30 heavy (non-hydrogen) atoms. The van der Waals surface area contributed by atoms with Crippen LogP contribution in [0.15, 0.2) is 65.7 Å². The van der Waals surface area contributed by atoms with Gasteiger partial charge in [0.25, 0.3) is 0 Å². The number of ether oxygens (including phenoxy) is 1. The second-order valence-electron chi connectivity index (χ2n) is 6.11. The Hall–Kier alpha value is -3.83. The van der Waals surface area contributed by atoms with E-state index in [-0.39, 0.29) is 17.2 Å². The molecule has 150 valence electrons. The smallest absolute Gasteiger partial charge is 0.335 e. The summed E-state index contributed by atoms with van der Waals surface area (Å²) in [5.74, 6) is -0.539. The maximum Gasteiger partial charge on any atom is 0.335 e. The van der Waals surface area contributed by atoms with Gasteiger partial charge in [-0.15, -0.1) is 0 Å². The molecule has 0 atom stereocenters. The van der Waals surface area contributed by atoms with Crippen LogP contribution in [0, 0.1) is 11.3 Å². The Morgan fingerprint density at radius 2 is 1.80 bits per heavy atom. The number of methoxy groups -OCH3 is 1. The van der Waals surface area contributed by atoms with Crippen LogP contribution in [-0.2, 0) is 4.79 Å². The minimum Gasteiger partial charge on any atom is -0.497 e. The third-order valence-corrected chi connectivity index (χ3v) is 5.11. The number of nitrogens with zero attached hydrogens (tertiary/aromatic N) is 2. The maximum absolute atomic E-state index is 12.3. The van der Waals surface area contributed by atoms with Crippen molar-refractivity contribution in [1.29, 1.82) is 5.26 Å². The normalized spacial score (nSPS) is 10.1. The molecule has 0 fully saturated rings. The molecule has 8 heteroatoms. The second kappa shape index (κ2) is 9.58. The van der Waals surface area contributed by atoms with Crippen molar-refractivity contribution in [3.05, 3.63) is 71.8 Å². The van der Waals surface area contributed by atoms with Gasteiger partial charge in [0.15, 0.2) is 0 Å². The van der Waals surface area contributed by atoms with Crippen molar-refractivity contribution in [2.75, 3.05) is 18.2 Å². The fourth-order valence-corrected chi connectivity index (χ4v) is 3.36. The van der Waals surface area contributed by atoms with Gasteiger partial charge >= 0.3 is 5.97 Å². The van der Waals surface area contributed by atoms with Crippen LogP contribution in [0.4, 0.5) is 5.69 Å². The van der Waals surface area contributed by atoms with Crippen LogP contribution >= 0.6 is 11.8 Å². The Kier molecular flexibility index (Phi) is 6.67. The van der Waals surface area contributed by atoms with E-state index in [1.165, 1.54) is 24.3 Å². The number of carboxylic acids is 1. The van der Waals surface area contributed by atoms with Gasteiger partial charge in [-0.25, -0.2) is 9.78 Å². The number of carbonyl (C=O) groups excluding carboxylic acids is 1. The lowest BCUT2D eigenvalue weighted by molar-refractivity contribution is -0.113. The Morgan fingerprint density at radius 3 is 2.40 bits per heavy atom. The van der Waals surface area contributed by atoms with Crippen molar-refractivity contribution in [3.63, 3.8) is 0 Å². The van der Waals surface area contributed by atoms with Crippen molar-refractivity contribution in [2.45, 2.75) is 5.03 Å². The first-order valence-corrected chi connectivity index (χ1v) is 9.80. The number of carbonyl (C=O) groups is 2. The SMILES string of the molecule is COc1ccc(-c2ccc(C#N)c(SCC(=O)Nc3ccc(C(=O)O)cc3)n2)cc1. The van der Waals surface area contributed by atoms with Crippen LogP contribution in [-0.4, -0.2) is 34.8 Å². The first-order valence-electron chi connectivity index (χ1n) is 8.81. The minimum absolute atomic E-state index is 0.0500. The molecule has 0 aliphatic rings. The zero-order chi connectivity index (χ0) is 21.5. The van der Waals surface area contributed by atoms with Gasteiger partial charge in [-0.2, -0.15) is 5.26 Å². The van der Waals surface area contributed by atoms with Gasteiger partial charge in [-0.3, -0.25) is 4.79 Å². The van der Waals surface area contributed by atoms with E-state index in [9.17, 15) is 14.9 Å². The number of amides is 1. The van der Waals surface area contributed by atoms with Crippen LogP contribution < -0.4 is 10.1 Å². The van der Waals surface area contributed by atoms with E-state index >= 15 is 0 Å². The molecule has 0 radical (unpaired) electrons. The lowest BCUT2D eigenvalue weighted by Gasteiger charge is -2.08. The van der Waals surface area contributed by atoms with E-state index < -0.39 is 5.97 Å². The predicted octanol–water partition coefficient (Wildman–Crippen LogP) is 4.06. The fourth-order valence-electron chi connectivity index (χ4n) is 2.59. The summed E-state index contributed by atoms with van der Waals surface area (Å²) < 4.78 is 5.16. The molecule has 0 saturated carbocycles. The summed E-state index contributed by atoms with van der Waals surface area (Å²) in [6.45, 7) is 0. The second-order valence-corrected chi connectivity index (χ2v) is 7.07. The van der Waals surface area contributed by atoms with E-state index in [4.69, 9.17) is 9.84 Å². The number of carboxylic acid groups (broad SMARTS) is 1. The lowest BCUT2D eigenvalue weighted by atomic mass is 10.1. The Bertz CT molecular complexity index is 1110. The number of anilines is 1. The molecule has 3 rings (SSSR count). The summed E-state index contributed by atoms with van der Waals surface area (Å²) in [4.78, 5) is 27.7. The van der Waals surface area contributed by atoms with E-state index in [0.29, 0.717) is 22.0 Å². The predicted molar refractivity (Wildman–Crippen MR) is 114 cm³/mol. The highest BCUT2D eigenvalue weighted by molar-refractivity contribution is 8.00. The molecule has 7 nitrogen and oxygen atoms in total. The molecule has 0 bridgehead atoms. The largest absolute Gasteiger partial charge is 0.497 e. The number of rotatable bonds is 7. The number of hydrogen-bond donors (Lipinski definition) is 2. The third kappa shape index (κ3) is 5.16. The highest BCUT2D eigenvalue weighted by Gasteiger charge is 2.11. The van der Waals surface area contributed by atoms with Crippen LogP contribution in [0.25, 0.3) is 11.3 Å². The average molecular weight is 419 g/mol. The van der Waals surface area contributed by atoms with Gasteiger partial charge in [0.05, 0.1) is 29.7 Å². The highest BCUT2D eigenvalue weighted by atomic mass is 32.2. The van der Waals surface area contributed by atoms with Crippen molar-refractivity contribution < 1.29 is 19.4 Å². The standard InChI is InChI=1S/C22H17N3O4S/c1-29-18-9-4-14(5-10-18)19-11-6-16(12-23)21(25-19)30-13-20(26)24-17-7-2-15(3-8-17)22(27)28/h2-11H,13H2,1H3,(H,24,26)(H,27,28). The van der Waals surface area contributed by atoms with Crippen molar-refractivity contribution >= 4 is 29.3 Å². The summed E-state index contributed by atoms with van der Waals surface area (Å²) in [5.41, 5.74) is 2.57. The van der Waals surface area contributed by atoms with Gasteiger partial charge < -0.3 is 15.2 Å². The molecule has 0 unspecified atom stereocenters. The first-order chi connectivity index (χ1) is 14.5. The number of hydrogen-bond acceptors (Lipinski definition) is 6. The van der Waals surface area contributed by atoms with Crippen molar-refractivity contribution in [1.82, 2.24) is 4.98 Å². The lowest BCUT2D eigenvalue weighted by Crippen LogP contribution is -2.14. The van der Waals surface area contributed by atoms with Crippen LogP contribution in [0.5, 0.6) is 5.75 Å². The molecule has 0 spiro atoms. The number of thioether (sulfide) groups is 1. The molecule has 0 saturated heterocycles. The molecule has 1 amide bonds. The molecular weight excluding hydrogens is 402 g/mol. The number of nitriles is 1. The van der Waals surface area contributed by atoms with E-state index in [1.54, 1.807) is 19.2 Å². The van der Waals surface area contributed by atoms with Crippen LogP contribution in [0.2, 0.25) is 0 Å². The molecule has 2 N–H and O–H groups in total. The number of nitrogens with one attached hydrogen (secondary N) is 1. The number of aromatic carboxylic acids is 1. The van der Waals surface area contributed by atoms with Crippen LogP contribution in [0.3, 0.4) is 0 Å². The minimum atomic E-state index is -1.03. The van der Waals surface area contributed by atoms with Gasteiger partial charge in [0.1, 0.15) is 16.8 Å². The van der Waals surface area contributed by atoms with E-state index in [1.807, 2.05) is 24.3 Å². The van der Waals surface area contributed by atoms with E-state index in [2.05, 4.69) is 16.4 Å². The molecule has 3 aromatic rings. The summed E-state index contributed by atoms with van der Waals surface area (Å²) in [7, 11) is 1.59. The van der Waals surface area contributed by atoms with Gasteiger partial charge in [0, 0.05) is 11.3 Å². The number of pyridine rings is 1. The zero-order valence-corrected chi connectivity index (χ0v) is 16.8. The fraction of sp³-hybridized carbons (Fsp3) is 0.0909. The molecule has 0 aliphatic heterocycles. The summed E-state index contributed by atoms with van der Waals surface area (Å²) in [6, 6.07) is 18.8. The maximum atomic E-state index is 12.3. The molecule has 2 aromatic carbocycles. The van der Waals surface area contributed by atoms with Crippen LogP contribution in [0.1, 0.15) is 15.9 Å². The average Bonchev–Trinajstić information content (AvgIpc) is 2.78. The van der Waals surface area contributed by atoms with Crippen molar-refractivity contribution in [3.8, 4) is 23.1 Å². The number of aromatic nitrogens is 1. The Balaban J connectivity index is 1.69. The molecule has 1 aromatic heterocycles. The first kappa shape index (κ1) is 20.9. The highest BCUT2D eigenvalue weighted by Crippen LogP contribution is 2.26. The third-order valence-electron chi connectivity index (χ3n) is 4.12. The molecule has 0 aliphatic carbocycles. The number of benzene rings is 2.